The van der Waals surface area contributed by atoms with Crippen molar-refractivity contribution in [2.45, 2.75) is 29.4 Å². The van der Waals surface area contributed by atoms with E-state index < -0.39 is 0 Å². The van der Waals surface area contributed by atoms with E-state index in [0.717, 1.165) is 43.4 Å². The molecule has 0 saturated heterocycles. The highest BCUT2D eigenvalue weighted by molar-refractivity contribution is 8.01. The van der Waals surface area contributed by atoms with E-state index in [2.05, 4.69) is 33.7 Å². The first-order chi connectivity index (χ1) is 13.6. The summed E-state index contributed by atoms with van der Waals surface area (Å²) in [6, 6.07) is 5.77. The van der Waals surface area contributed by atoms with E-state index in [0.29, 0.717) is 6.54 Å². The number of amides is 1. The zero-order valence-corrected chi connectivity index (χ0v) is 18.0. The molecule has 0 aliphatic heterocycles. The lowest BCUT2D eigenvalue weighted by atomic mass is 10.3. The van der Waals surface area contributed by atoms with E-state index in [-0.39, 0.29) is 11.7 Å². The van der Waals surface area contributed by atoms with E-state index in [4.69, 9.17) is 0 Å². The first-order valence-electron chi connectivity index (χ1n) is 8.74. The molecule has 1 aromatic carbocycles. The van der Waals surface area contributed by atoms with Crippen molar-refractivity contribution >= 4 is 56.7 Å². The van der Waals surface area contributed by atoms with Crippen LogP contribution >= 0.6 is 34.9 Å². The van der Waals surface area contributed by atoms with Crippen molar-refractivity contribution in [1.29, 1.82) is 0 Å². The summed E-state index contributed by atoms with van der Waals surface area (Å²) in [5.41, 5.74) is 1.71. The van der Waals surface area contributed by atoms with E-state index in [9.17, 15) is 4.79 Å². The number of fused-ring (bicyclic) bond motifs is 1. The topological polar surface area (TPSA) is 72.7 Å². The number of thiazole rings is 1. The first kappa shape index (κ1) is 20.6. The molecular weight excluding hydrogens is 410 g/mol. The van der Waals surface area contributed by atoms with Crippen LogP contribution in [0.1, 0.15) is 12.7 Å². The van der Waals surface area contributed by atoms with Crippen LogP contribution in [0, 0.1) is 0 Å². The Kier molecular flexibility index (Phi) is 7.30. The predicted molar refractivity (Wildman–Crippen MR) is 119 cm³/mol. The van der Waals surface area contributed by atoms with Crippen molar-refractivity contribution in [3.05, 3.63) is 49.3 Å². The minimum absolute atomic E-state index is 0.0821. The smallest absolute Gasteiger partial charge is 0.234 e. The van der Waals surface area contributed by atoms with Gasteiger partial charge in [0.05, 0.1) is 16.0 Å². The average molecular weight is 432 g/mol. The number of aromatic nitrogens is 4. The second-order valence-electron chi connectivity index (χ2n) is 5.75. The number of nitrogens with zero attached hydrogens (tertiary/aromatic N) is 4. The molecule has 1 N–H and O–H groups in total. The maximum absolute atomic E-state index is 12.4. The molecule has 0 bridgehead atoms. The molecule has 0 fully saturated rings. The summed E-state index contributed by atoms with van der Waals surface area (Å²) in [6.45, 7) is 10.2. The van der Waals surface area contributed by atoms with Crippen LogP contribution in [0.25, 0.3) is 10.2 Å². The second-order valence-corrected chi connectivity index (χ2v) is 8.99. The molecule has 146 valence electrons. The normalized spacial score (nSPS) is 10.9. The van der Waals surface area contributed by atoms with Crippen molar-refractivity contribution in [2.24, 2.45) is 0 Å². The largest absolute Gasteiger partial charge is 0.325 e. The third kappa shape index (κ3) is 5.03. The van der Waals surface area contributed by atoms with Crippen LogP contribution < -0.4 is 5.32 Å². The molecule has 6 nitrogen and oxygen atoms in total. The lowest BCUT2D eigenvalue weighted by molar-refractivity contribution is -0.113. The van der Waals surface area contributed by atoms with E-state index in [1.165, 1.54) is 11.8 Å². The van der Waals surface area contributed by atoms with E-state index in [1.54, 1.807) is 29.2 Å². The minimum atomic E-state index is -0.0821. The molecule has 3 aromatic rings. The molecule has 0 aliphatic rings. The molecule has 9 heteroatoms. The van der Waals surface area contributed by atoms with Crippen molar-refractivity contribution in [1.82, 2.24) is 19.7 Å². The number of carbonyl (C=O) groups is 1. The fourth-order valence-electron chi connectivity index (χ4n) is 2.50. The quantitative estimate of drug-likeness (QED) is 0.372. The number of anilines is 1. The molecule has 2 aromatic heterocycles. The standard InChI is InChI=1S/C19H21N5OS3/c1-4-9-24-16(6-3)22-23-18(24)27-12-17(25)20-13-7-8-14-15(11-13)28-19(21-14)26-10-5-2/h4-5,7-8,11H,1-2,6,9-10,12H2,3H3,(H,20,25). The van der Waals surface area contributed by atoms with Gasteiger partial charge in [-0.15, -0.1) is 34.7 Å². The lowest BCUT2D eigenvalue weighted by Gasteiger charge is -2.07. The second kappa shape index (κ2) is 9.90. The summed E-state index contributed by atoms with van der Waals surface area (Å²) in [5, 5.41) is 12.0. The van der Waals surface area contributed by atoms with Crippen molar-refractivity contribution in [3.8, 4) is 0 Å². The van der Waals surface area contributed by atoms with Crippen LogP contribution in [-0.4, -0.2) is 37.2 Å². The number of thioether (sulfide) groups is 2. The van der Waals surface area contributed by atoms with Gasteiger partial charge in [0.15, 0.2) is 9.50 Å². The van der Waals surface area contributed by atoms with Crippen LogP contribution in [0.3, 0.4) is 0 Å². The van der Waals surface area contributed by atoms with E-state index >= 15 is 0 Å². The molecular formula is C19H21N5OS3. The summed E-state index contributed by atoms with van der Waals surface area (Å²) >= 11 is 4.65. The number of aryl methyl sites for hydroxylation is 1. The zero-order chi connectivity index (χ0) is 19.9. The third-order valence-electron chi connectivity index (χ3n) is 3.73. The number of carbonyl (C=O) groups excluding carboxylic acids is 1. The van der Waals surface area contributed by atoms with Crippen molar-refractivity contribution in [3.63, 3.8) is 0 Å². The van der Waals surface area contributed by atoms with Gasteiger partial charge in [-0.3, -0.25) is 4.79 Å². The van der Waals surface area contributed by atoms with Crippen molar-refractivity contribution < 1.29 is 4.79 Å². The number of hydrogen-bond donors (Lipinski definition) is 1. The Bertz CT molecular complexity index is 995. The van der Waals surface area contributed by atoms with Gasteiger partial charge in [0.25, 0.3) is 0 Å². The molecule has 3 rings (SSSR count). The summed E-state index contributed by atoms with van der Waals surface area (Å²) < 4.78 is 4.04. The van der Waals surface area contributed by atoms with Gasteiger partial charge in [-0.05, 0) is 18.2 Å². The minimum Gasteiger partial charge on any atom is -0.325 e. The number of nitrogens with one attached hydrogen (secondary N) is 1. The Balaban J connectivity index is 1.62. The maximum Gasteiger partial charge on any atom is 0.234 e. The lowest BCUT2D eigenvalue weighted by Crippen LogP contribution is -2.14. The Hall–Kier alpha value is -2.10. The highest BCUT2D eigenvalue weighted by Crippen LogP contribution is 2.31. The SMILES string of the molecule is C=CCSc1nc2ccc(NC(=O)CSc3nnc(CC)n3CC=C)cc2s1. The van der Waals surface area contributed by atoms with Gasteiger partial charge in [-0.25, -0.2) is 4.98 Å². The molecule has 0 saturated carbocycles. The molecule has 2 heterocycles. The Morgan fingerprint density at radius 1 is 1.29 bits per heavy atom. The summed E-state index contributed by atoms with van der Waals surface area (Å²) in [6.07, 6.45) is 4.45. The maximum atomic E-state index is 12.4. The molecule has 0 radical (unpaired) electrons. The fraction of sp³-hybridized carbons (Fsp3) is 0.263. The molecule has 0 unspecified atom stereocenters. The third-order valence-corrected chi connectivity index (χ3v) is 6.85. The average Bonchev–Trinajstić information content (AvgIpc) is 3.28. The van der Waals surface area contributed by atoms with E-state index in [1.807, 2.05) is 35.8 Å². The number of rotatable bonds is 10. The summed E-state index contributed by atoms with van der Waals surface area (Å²) in [7, 11) is 0. The zero-order valence-electron chi connectivity index (χ0n) is 15.6. The van der Waals surface area contributed by atoms with Crippen LogP contribution in [0.15, 0.2) is 53.0 Å². The van der Waals surface area contributed by atoms with Gasteiger partial charge < -0.3 is 9.88 Å². The Labute approximate surface area is 176 Å². The van der Waals surface area contributed by atoms with Crippen LogP contribution in [0.5, 0.6) is 0 Å². The van der Waals surface area contributed by atoms with Gasteiger partial charge in [0.1, 0.15) is 5.82 Å². The molecule has 28 heavy (non-hydrogen) atoms. The summed E-state index contributed by atoms with van der Waals surface area (Å²) in [5.74, 6) is 1.90. The number of hydrogen-bond acceptors (Lipinski definition) is 7. The predicted octanol–water partition coefficient (Wildman–Crippen LogP) is 4.65. The van der Waals surface area contributed by atoms with Crippen LogP contribution in [-0.2, 0) is 17.8 Å². The highest BCUT2D eigenvalue weighted by Gasteiger charge is 2.13. The highest BCUT2D eigenvalue weighted by atomic mass is 32.2. The molecule has 1 amide bonds. The van der Waals surface area contributed by atoms with Gasteiger partial charge in [0.2, 0.25) is 5.91 Å². The monoisotopic (exact) mass is 431 g/mol. The van der Waals surface area contributed by atoms with Gasteiger partial charge >= 0.3 is 0 Å². The fourth-order valence-corrected chi connectivity index (χ4v) is 5.14. The van der Waals surface area contributed by atoms with Crippen molar-refractivity contribution in [2.75, 3.05) is 16.8 Å². The molecule has 0 aliphatic carbocycles. The molecule has 0 spiro atoms. The molecule has 0 atom stereocenters. The van der Waals surface area contributed by atoms with Gasteiger partial charge in [0, 0.05) is 24.4 Å². The number of allylic oxidation sites excluding steroid dienone is 1. The Morgan fingerprint density at radius 3 is 2.89 bits per heavy atom. The Morgan fingerprint density at radius 2 is 2.14 bits per heavy atom. The number of benzene rings is 1. The van der Waals surface area contributed by atoms with Gasteiger partial charge in [-0.2, -0.15) is 0 Å². The van der Waals surface area contributed by atoms with Gasteiger partial charge in [-0.1, -0.05) is 42.6 Å². The van der Waals surface area contributed by atoms with Crippen LogP contribution in [0.2, 0.25) is 0 Å². The summed E-state index contributed by atoms with van der Waals surface area (Å²) in [4.78, 5) is 17.0. The van der Waals surface area contributed by atoms with Crippen LogP contribution in [0.4, 0.5) is 5.69 Å². The first-order valence-corrected chi connectivity index (χ1v) is 11.5.